The second-order valence-electron chi connectivity index (χ2n) is 6.13. The van der Waals surface area contributed by atoms with Crippen molar-refractivity contribution in [2.75, 3.05) is 7.11 Å². The lowest BCUT2D eigenvalue weighted by atomic mass is 9.82. The van der Waals surface area contributed by atoms with Crippen LogP contribution in [0.1, 0.15) is 31.4 Å². The molecule has 1 aromatic carbocycles. The molecule has 0 N–H and O–H groups in total. The number of aromatic nitrogens is 1. The van der Waals surface area contributed by atoms with Gasteiger partial charge < -0.3 is 9.47 Å². The van der Waals surface area contributed by atoms with Gasteiger partial charge >= 0.3 is 5.97 Å². The number of ether oxygens (including phenoxy) is 2. The van der Waals surface area contributed by atoms with Crippen LogP contribution in [0.3, 0.4) is 0 Å². The van der Waals surface area contributed by atoms with Crippen LogP contribution in [-0.4, -0.2) is 18.1 Å². The van der Waals surface area contributed by atoms with Crippen LogP contribution < -0.4 is 9.47 Å². The van der Waals surface area contributed by atoms with Gasteiger partial charge in [0, 0.05) is 18.2 Å². The lowest BCUT2D eigenvalue weighted by molar-refractivity contribution is -0.140. The Kier molecular flexibility index (Phi) is 5.69. The second-order valence-corrected chi connectivity index (χ2v) is 6.13. The molecule has 0 atom stereocenters. The fourth-order valence-corrected chi connectivity index (χ4v) is 2.95. The standard InChI is InChI=1S/C21H21NO3/c1-24-19-6-4-7-20(15-19)25-21(23)17-11-8-16(9-12-17)10-13-18-5-2-3-14-22-18/h2-7,14-17H,8-9,11-12H2,1H3. The molecule has 25 heavy (non-hydrogen) atoms. The van der Waals surface area contributed by atoms with Crippen molar-refractivity contribution in [2.45, 2.75) is 25.7 Å². The van der Waals surface area contributed by atoms with E-state index in [2.05, 4.69) is 16.8 Å². The molecular formula is C21H21NO3. The van der Waals surface area contributed by atoms with Crippen molar-refractivity contribution in [1.29, 1.82) is 0 Å². The van der Waals surface area contributed by atoms with Crippen molar-refractivity contribution >= 4 is 5.97 Å². The van der Waals surface area contributed by atoms with E-state index in [1.807, 2.05) is 30.3 Å². The van der Waals surface area contributed by atoms with Crippen LogP contribution in [-0.2, 0) is 4.79 Å². The molecule has 1 aliphatic rings. The molecule has 3 rings (SSSR count). The molecule has 128 valence electrons. The molecule has 0 amide bonds. The van der Waals surface area contributed by atoms with Crippen molar-refractivity contribution < 1.29 is 14.3 Å². The van der Waals surface area contributed by atoms with Gasteiger partial charge in [0.1, 0.15) is 17.2 Å². The molecule has 0 aliphatic heterocycles. The van der Waals surface area contributed by atoms with Crippen LogP contribution >= 0.6 is 0 Å². The molecule has 0 saturated heterocycles. The first kappa shape index (κ1) is 17.0. The quantitative estimate of drug-likeness (QED) is 0.485. The number of pyridine rings is 1. The maximum absolute atomic E-state index is 12.3. The van der Waals surface area contributed by atoms with Gasteiger partial charge in [-0.3, -0.25) is 4.79 Å². The van der Waals surface area contributed by atoms with Crippen molar-refractivity contribution in [1.82, 2.24) is 4.98 Å². The highest BCUT2D eigenvalue weighted by Crippen LogP contribution is 2.30. The summed E-state index contributed by atoms with van der Waals surface area (Å²) in [5, 5.41) is 0. The average Bonchev–Trinajstić information content (AvgIpc) is 2.67. The van der Waals surface area contributed by atoms with Gasteiger partial charge in [-0.1, -0.05) is 18.1 Å². The van der Waals surface area contributed by atoms with Gasteiger partial charge in [0.25, 0.3) is 0 Å². The number of carbonyl (C=O) groups is 1. The number of carbonyl (C=O) groups excluding carboxylic acids is 1. The van der Waals surface area contributed by atoms with Crippen LogP contribution in [0, 0.1) is 23.7 Å². The largest absolute Gasteiger partial charge is 0.497 e. The Bertz CT molecular complexity index is 768. The maximum Gasteiger partial charge on any atom is 0.314 e. The fraction of sp³-hybridized carbons (Fsp3) is 0.333. The van der Waals surface area contributed by atoms with E-state index in [0.29, 0.717) is 17.4 Å². The van der Waals surface area contributed by atoms with Gasteiger partial charge in [-0.2, -0.15) is 0 Å². The first-order valence-corrected chi connectivity index (χ1v) is 8.53. The third-order valence-corrected chi connectivity index (χ3v) is 4.39. The van der Waals surface area contributed by atoms with E-state index in [4.69, 9.17) is 9.47 Å². The van der Waals surface area contributed by atoms with Gasteiger partial charge in [0.2, 0.25) is 0 Å². The number of hydrogen-bond donors (Lipinski definition) is 0. The number of benzene rings is 1. The highest BCUT2D eigenvalue weighted by molar-refractivity contribution is 5.75. The molecule has 0 bridgehead atoms. The van der Waals surface area contributed by atoms with E-state index >= 15 is 0 Å². The Morgan fingerprint density at radius 1 is 1.08 bits per heavy atom. The van der Waals surface area contributed by atoms with Crippen molar-refractivity contribution in [3.05, 3.63) is 54.4 Å². The molecule has 0 unspecified atom stereocenters. The van der Waals surface area contributed by atoms with E-state index < -0.39 is 0 Å². The third kappa shape index (κ3) is 4.84. The molecule has 4 heteroatoms. The monoisotopic (exact) mass is 335 g/mol. The SMILES string of the molecule is COc1cccc(OC(=O)C2CCC(C#Cc3ccccn3)CC2)c1. The van der Waals surface area contributed by atoms with E-state index in [0.717, 1.165) is 31.4 Å². The minimum atomic E-state index is -0.163. The zero-order valence-electron chi connectivity index (χ0n) is 14.3. The molecular weight excluding hydrogens is 314 g/mol. The normalized spacial score (nSPS) is 19.4. The zero-order chi connectivity index (χ0) is 17.5. The predicted molar refractivity (Wildman–Crippen MR) is 95.2 cm³/mol. The molecule has 2 aromatic rings. The number of esters is 1. The molecule has 1 fully saturated rings. The summed E-state index contributed by atoms with van der Waals surface area (Å²) in [5.74, 6) is 7.71. The van der Waals surface area contributed by atoms with Crippen LogP contribution in [0.15, 0.2) is 48.7 Å². The fourth-order valence-electron chi connectivity index (χ4n) is 2.95. The maximum atomic E-state index is 12.3. The lowest BCUT2D eigenvalue weighted by Crippen LogP contribution is -2.25. The van der Waals surface area contributed by atoms with Crippen LogP contribution in [0.5, 0.6) is 11.5 Å². The van der Waals surface area contributed by atoms with E-state index in [1.54, 1.807) is 25.4 Å². The molecule has 1 saturated carbocycles. The molecule has 4 nitrogen and oxygen atoms in total. The molecule has 0 spiro atoms. The summed E-state index contributed by atoms with van der Waals surface area (Å²) in [7, 11) is 1.59. The Morgan fingerprint density at radius 2 is 1.88 bits per heavy atom. The van der Waals surface area contributed by atoms with Gasteiger partial charge in [0.05, 0.1) is 13.0 Å². The topological polar surface area (TPSA) is 48.4 Å². The second kappa shape index (κ2) is 8.34. The van der Waals surface area contributed by atoms with E-state index in [-0.39, 0.29) is 11.9 Å². The van der Waals surface area contributed by atoms with Crippen molar-refractivity contribution in [3.63, 3.8) is 0 Å². The summed E-state index contributed by atoms with van der Waals surface area (Å²) in [4.78, 5) is 16.6. The van der Waals surface area contributed by atoms with E-state index in [1.165, 1.54) is 0 Å². The molecule has 1 heterocycles. The summed E-state index contributed by atoms with van der Waals surface area (Å²) >= 11 is 0. The lowest BCUT2D eigenvalue weighted by Gasteiger charge is -2.24. The molecule has 1 aliphatic carbocycles. The Hall–Kier alpha value is -2.80. The Balaban J connectivity index is 1.51. The smallest absolute Gasteiger partial charge is 0.314 e. The molecule has 1 aromatic heterocycles. The van der Waals surface area contributed by atoms with Crippen LogP contribution in [0.2, 0.25) is 0 Å². The minimum absolute atomic E-state index is 0.0564. The summed E-state index contributed by atoms with van der Waals surface area (Å²) in [5.41, 5.74) is 0.794. The molecule has 0 radical (unpaired) electrons. The van der Waals surface area contributed by atoms with Gasteiger partial charge in [-0.15, -0.1) is 0 Å². The van der Waals surface area contributed by atoms with Gasteiger partial charge in [-0.05, 0) is 55.9 Å². The summed E-state index contributed by atoms with van der Waals surface area (Å²) in [6.07, 6.45) is 5.19. The van der Waals surface area contributed by atoms with Crippen LogP contribution in [0.25, 0.3) is 0 Å². The average molecular weight is 335 g/mol. The van der Waals surface area contributed by atoms with Crippen LogP contribution in [0.4, 0.5) is 0 Å². The van der Waals surface area contributed by atoms with Crippen molar-refractivity contribution in [2.24, 2.45) is 11.8 Å². The first-order valence-electron chi connectivity index (χ1n) is 8.53. The predicted octanol–water partition coefficient (Wildman–Crippen LogP) is 3.85. The van der Waals surface area contributed by atoms with E-state index in [9.17, 15) is 4.79 Å². The Labute approximate surface area is 148 Å². The highest BCUT2D eigenvalue weighted by Gasteiger charge is 2.27. The highest BCUT2D eigenvalue weighted by atomic mass is 16.5. The third-order valence-electron chi connectivity index (χ3n) is 4.39. The number of nitrogens with zero attached hydrogens (tertiary/aromatic N) is 1. The van der Waals surface area contributed by atoms with Gasteiger partial charge in [0.15, 0.2) is 0 Å². The summed E-state index contributed by atoms with van der Waals surface area (Å²) < 4.78 is 10.6. The number of rotatable bonds is 3. The zero-order valence-corrected chi connectivity index (χ0v) is 14.3. The minimum Gasteiger partial charge on any atom is -0.497 e. The Morgan fingerprint density at radius 3 is 2.60 bits per heavy atom. The van der Waals surface area contributed by atoms with Crippen molar-refractivity contribution in [3.8, 4) is 23.3 Å². The number of hydrogen-bond acceptors (Lipinski definition) is 4. The summed E-state index contributed by atoms with van der Waals surface area (Å²) in [6.45, 7) is 0. The number of methoxy groups -OCH3 is 1. The van der Waals surface area contributed by atoms with Gasteiger partial charge in [-0.25, -0.2) is 4.98 Å². The summed E-state index contributed by atoms with van der Waals surface area (Å²) in [6, 6.07) is 12.8. The first-order chi connectivity index (χ1) is 12.2.